The minimum absolute atomic E-state index is 0.0841. The Morgan fingerprint density at radius 2 is 2.00 bits per heavy atom. The van der Waals surface area contributed by atoms with Crippen molar-refractivity contribution >= 4 is 31.9 Å². The summed E-state index contributed by atoms with van der Waals surface area (Å²) in [5.74, 6) is 0.284. The molecule has 0 saturated heterocycles. The standard InChI is InChI=1S/C13H19BrN2O3S/c1-9(2)4-3-5-16-13(17)10-6-11(14)8-12(7-10)20(15,18)19/h6-9H,3-5H2,1-2H3,(H,16,17)(H2,15,18,19). The van der Waals surface area contributed by atoms with Gasteiger partial charge in [-0.2, -0.15) is 0 Å². The Labute approximate surface area is 128 Å². The van der Waals surface area contributed by atoms with E-state index in [1.807, 2.05) is 0 Å². The largest absolute Gasteiger partial charge is 0.352 e. The van der Waals surface area contributed by atoms with Gasteiger partial charge in [0.25, 0.3) is 5.91 Å². The van der Waals surface area contributed by atoms with E-state index in [4.69, 9.17) is 5.14 Å². The van der Waals surface area contributed by atoms with Crippen LogP contribution in [0.4, 0.5) is 0 Å². The first-order chi connectivity index (χ1) is 9.20. The third-order valence-corrected chi connectivity index (χ3v) is 4.06. The Morgan fingerprint density at radius 3 is 2.55 bits per heavy atom. The summed E-state index contributed by atoms with van der Waals surface area (Å²) in [7, 11) is -3.83. The van der Waals surface area contributed by atoms with Gasteiger partial charge in [-0.05, 0) is 37.0 Å². The number of halogens is 1. The maximum atomic E-state index is 12.0. The summed E-state index contributed by atoms with van der Waals surface area (Å²) in [5, 5.41) is 7.83. The zero-order chi connectivity index (χ0) is 15.3. The van der Waals surface area contributed by atoms with Crippen LogP contribution in [0.3, 0.4) is 0 Å². The van der Waals surface area contributed by atoms with Crippen LogP contribution in [0.1, 0.15) is 37.0 Å². The van der Waals surface area contributed by atoms with Crippen LogP contribution in [-0.4, -0.2) is 20.9 Å². The average Bonchev–Trinajstić information content (AvgIpc) is 2.32. The summed E-state index contributed by atoms with van der Waals surface area (Å²) < 4.78 is 23.1. The van der Waals surface area contributed by atoms with E-state index < -0.39 is 10.0 Å². The fourth-order valence-corrected chi connectivity index (χ4v) is 2.90. The predicted molar refractivity (Wildman–Crippen MR) is 81.9 cm³/mol. The molecule has 0 bridgehead atoms. The molecule has 1 aromatic carbocycles. The maximum Gasteiger partial charge on any atom is 0.251 e. The van der Waals surface area contributed by atoms with E-state index in [0.29, 0.717) is 16.9 Å². The van der Waals surface area contributed by atoms with Crippen LogP contribution in [0.15, 0.2) is 27.6 Å². The molecule has 0 aromatic heterocycles. The van der Waals surface area contributed by atoms with Gasteiger partial charge in [0.05, 0.1) is 4.90 Å². The van der Waals surface area contributed by atoms with Gasteiger partial charge in [0, 0.05) is 16.6 Å². The highest BCUT2D eigenvalue weighted by Crippen LogP contribution is 2.18. The minimum Gasteiger partial charge on any atom is -0.352 e. The smallest absolute Gasteiger partial charge is 0.251 e. The molecule has 5 nitrogen and oxygen atoms in total. The number of hydrogen-bond acceptors (Lipinski definition) is 3. The summed E-state index contributed by atoms with van der Waals surface area (Å²) in [4.78, 5) is 11.9. The second-order valence-electron chi connectivity index (χ2n) is 5.01. The van der Waals surface area contributed by atoms with E-state index in [-0.39, 0.29) is 16.4 Å². The highest BCUT2D eigenvalue weighted by atomic mass is 79.9. The van der Waals surface area contributed by atoms with E-state index >= 15 is 0 Å². The Bertz CT molecular complexity index is 585. The molecule has 0 spiro atoms. The summed E-state index contributed by atoms with van der Waals surface area (Å²) in [6.45, 7) is 4.80. The molecule has 0 heterocycles. The lowest BCUT2D eigenvalue weighted by Crippen LogP contribution is -2.25. The van der Waals surface area contributed by atoms with Crippen molar-refractivity contribution in [2.24, 2.45) is 11.1 Å². The number of carbonyl (C=O) groups excluding carboxylic acids is 1. The van der Waals surface area contributed by atoms with E-state index in [0.717, 1.165) is 12.8 Å². The molecule has 1 aromatic rings. The summed E-state index contributed by atoms with van der Waals surface area (Å²) >= 11 is 3.17. The van der Waals surface area contributed by atoms with Crippen LogP contribution in [-0.2, 0) is 10.0 Å². The third-order valence-electron chi connectivity index (χ3n) is 2.71. The molecular formula is C13H19BrN2O3S. The van der Waals surface area contributed by atoms with Gasteiger partial charge in [0.15, 0.2) is 0 Å². The molecular weight excluding hydrogens is 344 g/mol. The van der Waals surface area contributed by atoms with Crippen molar-refractivity contribution in [3.8, 4) is 0 Å². The lowest BCUT2D eigenvalue weighted by molar-refractivity contribution is 0.0952. The van der Waals surface area contributed by atoms with Crippen molar-refractivity contribution in [1.29, 1.82) is 0 Å². The van der Waals surface area contributed by atoms with Gasteiger partial charge in [0.1, 0.15) is 0 Å². The molecule has 20 heavy (non-hydrogen) atoms. The Morgan fingerprint density at radius 1 is 1.35 bits per heavy atom. The fraction of sp³-hybridized carbons (Fsp3) is 0.462. The van der Waals surface area contributed by atoms with E-state index in [1.54, 1.807) is 6.07 Å². The quantitative estimate of drug-likeness (QED) is 0.760. The van der Waals surface area contributed by atoms with Gasteiger partial charge >= 0.3 is 0 Å². The Balaban J connectivity index is 2.76. The van der Waals surface area contributed by atoms with Crippen molar-refractivity contribution in [2.75, 3.05) is 6.54 Å². The van der Waals surface area contributed by atoms with Gasteiger partial charge < -0.3 is 5.32 Å². The molecule has 0 unspecified atom stereocenters. The zero-order valence-corrected chi connectivity index (χ0v) is 13.9. The fourth-order valence-electron chi connectivity index (χ4n) is 1.67. The topological polar surface area (TPSA) is 89.3 Å². The monoisotopic (exact) mass is 362 g/mol. The molecule has 1 amide bonds. The molecule has 0 atom stereocenters. The molecule has 0 aliphatic rings. The molecule has 0 aliphatic heterocycles. The molecule has 112 valence electrons. The first-order valence-corrected chi connectivity index (χ1v) is 8.65. The number of nitrogens with one attached hydrogen (secondary N) is 1. The lowest BCUT2D eigenvalue weighted by Gasteiger charge is -2.08. The lowest BCUT2D eigenvalue weighted by atomic mass is 10.1. The van der Waals surface area contributed by atoms with Crippen molar-refractivity contribution in [3.63, 3.8) is 0 Å². The molecule has 0 aliphatic carbocycles. The number of carbonyl (C=O) groups is 1. The average molecular weight is 363 g/mol. The summed E-state index contributed by atoms with van der Waals surface area (Å²) in [6.07, 6.45) is 1.92. The number of rotatable bonds is 6. The van der Waals surface area contributed by atoms with Crippen molar-refractivity contribution < 1.29 is 13.2 Å². The maximum absolute atomic E-state index is 12.0. The zero-order valence-electron chi connectivity index (χ0n) is 11.5. The van der Waals surface area contributed by atoms with Crippen LogP contribution >= 0.6 is 15.9 Å². The van der Waals surface area contributed by atoms with Gasteiger partial charge in [-0.25, -0.2) is 13.6 Å². The SMILES string of the molecule is CC(C)CCCNC(=O)c1cc(Br)cc(S(N)(=O)=O)c1. The first-order valence-electron chi connectivity index (χ1n) is 6.31. The molecule has 7 heteroatoms. The molecule has 0 radical (unpaired) electrons. The Hall–Kier alpha value is -0.920. The number of benzene rings is 1. The number of sulfonamides is 1. The highest BCUT2D eigenvalue weighted by molar-refractivity contribution is 9.10. The van der Waals surface area contributed by atoms with Gasteiger partial charge in [-0.15, -0.1) is 0 Å². The second-order valence-corrected chi connectivity index (χ2v) is 7.49. The minimum atomic E-state index is -3.83. The van der Waals surface area contributed by atoms with Crippen LogP contribution < -0.4 is 10.5 Å². The highest BCUT2D eigenvalue weighted by Gasteiger charge is 2.13. The van der Waals surface area contributed by atoms with E-state index in [9.17, 15) is 13.2 Å². The molecule has 1 rings (SSSR count). The summed E-state index contributed by atoms with van der Waals surface area (Å²) in [6, 6.07) is 4.20. The van der Waals surface area contributed by atoms with Crippen LogP contribution in [0.5, 0.6) is 0 Å². The third kappa shape index (κ3) is 5.60. The normalized spacial score (nSPS) is 11.7. The van der Waals surface area contributed by atoms with Crippen molar-refractivity contribution in [2.45, 2.75) is 31.6 Å². The Kier molecular flexibility index (Phi) is 6.16. The van der Waals surface area contributed by atoms with Crippen molar-refractivity contribution in [3.05, 3.63) is 28.2 Å². The van der Waals surface area contributed by atoms with Crippen LogP contribution in [0.2, 0.25) is 0 Å². The summed E-state index contributed by atoms with van der Waals surface area (Å²) in [5.41, 5.74) is 0.271. The van der Waals surface area contributed by atoms with Crippen LogP contribution in [0, 0.1) is 5.92 Å². The van der Waals surface area contributed by atoms with Crippen LogP contribution in [0.25, 0.3) is 0 Å². The first kappa shape index (κ1) is 17.1. The number of hydrogen-bond donors (Lipinski definition) is 2. The van der Waals surface area contributed by atoms with Crippen molar-refractivity contribution in [1.82, 2.24) is 5.32 Å². The number of amides is 1. The second kappa shape index (κ2) is 7.19. The van der Waals surface area contributed by atoms with E-state index in [2.05, 4.69) is 35.1 Å². The predicted octanol–water partition coefficient (Wildman–Crippen LogP) is 2.26. The van der Waals surface area contributed by atoms with E-state index in [1.165, 1.54) is 12.1 Å². The van der Waals surface area contributed by atoms with Gasteiger partial charge in [-0.1, -0.05) is 29.8 Å². The molecule has 0 saturated carbocycles. The number of nitrogens with two attached hydrogens (primary N) is 1. The van der Waals surface area contributed by atoms with Gasteiger partial charge in [0.2, 0.25) is 10.0 Å². The van der Waals surface area contributed by atoms with Gasteiger partial charge in [-0.3, -0.25) is 4.79 Å². The number of primary sulfonamides is 1. The molecule has 3 N–H and O–H groups in total. The molecule has 0 fully saturated rings.